The number of aryl methyl sites for hydroxylation is 1. The predicted molar refractivity (Wildman–Crippen MR) is 123 cm³/mol. The topological polar surface area (TPSA) is 104 Å². The van der Waals surface area contributed by atoms with Gasteiger partial charge in [-0.05, 0) is 43.7 Å². The number of anilines is 2. The minimum absolute atomic E-state index is 0.0698. The Balaban J connectivity index is 2.02. The maximum absolute atomic E-state index is 13.8. The third kappa shape index (κ3) is 5.28. The third-order valence-electron chi connectivity index (χ3n) is 4.70. The summed E-state index contributed by atoms with van der Waals surface area (Å²) in [6, 6.07) is 8.17. The van der Waals surface area contributed by atoms with E-state index in [-0.39, 0.29) is 23.7 Å². The molecule has 0 unspecified atom stereocenters. The van der Waals surface area contributed by atoms with Gasteiger partial charge in [0.1, 0.15) is 0 Å². The van der Waals surface area contributed by atoms with Crippen molar-refractivity contribution in [2.75, 3.05) is 24.8 Å². The van der Waals surface area contributed by atoms with E-state index in [1.807, 2.05) is 19.1 Å². The summed E-state index contributed by atoms with van der Waals surface area (Å²) in [5.41, 5.74) is 8.38. The van der Waals surface area contributed by atoms with Crippen LogP contribution in [0.5, 0.6) is 5.75 Å². The number of fused-ring (bicyclic) bond motifs is 1. The van der Waals surface area contributed by atoms with E-state index >= 15 is 0 Å². The number of esters is 1. The molecule has 0 fully saturated rings. The zero-order valence-electron chi connectivity index (χ0n) is 18.0. The lowest BCUT2D eigenvalue weighted by atomic mass is 10.1. The molecule has 0 bridgehead atoms. The number of benzene rings is 2. The number of methoxy groups -OCH3 is 1. The fourth-order valence-corrected chi connectivity index (χ4v) is 4.18. The second-order valence-corrected chi connectivity index (χ2v) is 8.09. The van der Waals surface area contributed by atoms with Gasteiger partial charge in [0.15, 0.2) is 11.6 Å². The quantitative estimate of drug-likeness (QED) is 0.358. The van der Waals surface area contributed by atoms with Gasteiger partial charge >= 0.3 is 5.97 Å². The summed E-state index contributed by atoms with van der Waals surface area (Å²) < 4.78 is 23.8. The monoisotopic (exact) mass is 457 g/mol. The average molecular weight is 458 g/mol. The zero-order valence-corrected chi connectivity index (χ0v) is 18.8. The first-order valence-electron chi connectivity index (χ1n) is 9.96. The number of ether oxygens (including phenoxy) is 2. The van der Waals surface area contributed by atoms with Crippen LogP contribution in [0.25, 0.3) is 10.9 Å². The van der Waals surface area contributed by atoms with Crippen molar-refractivity contribution in [3.63, 3.8) is 0 Å². The van der Waals surface area contributed by atoms with Crippen LogP contribution in [0, 0.1) is 12.7 Å². The molecule has 0 atom stereocenters. The summed E-state index contributed by atoms with van der Waals surface area (Å²) in [5.74, 6) is -0.772. The summed E-state index contributed by atoms with van der Waals surface area (Å²) in [6.07, 6.45) is 1.71. The fourth-order valence-electron chi connectivity index (χ4n) is 3.22. The van der Waals surface area contributed by atoms with Crippen LogP contribution < -0.4 is 15.8 Å². The highest BCUT2D eigenvalue weighted by atomic mass is 32.2. The van der Waals surface area contributed by atoms with Gasteiger partial charge in [-0.15, -0.1) is 11.8 Å². The van der Waals surface area contributed by atoms with Gasteiger partial charge in [0.25, 0.3) is 5.91 Å². The van der Waals surface area contributed by atoms with E-state index in [0.717, 1.165) is 10.5 Å². The average Bonchev–Trinajstić information content (AvgIpc) is 2.75. The Morgan fingerprint density at radius 1 is 1.25 bits per heavy atom. The lowest BCUT2D eigenvalue weighted by molar-refractivity contribution is -0.142. The Hall–Kier alpha value is -3.33. The molecule has 0 aliphatic heterocycles. The number of nitrogens with two attached hydrogens (primary N) is 1. The third-order valence-corrected chi connectivity index (χ3v) is 5.68. The molecular formula is C23H24FN3O4S. The molecule has 7 nitrogen and oxygen atoms in total. The normalized spacial score (nSPS) is 10.8. The SMILES string of the molecule is CCOC(=O)CCSc1cc(C)c2ncc(C(N)=O)c(Nc3ccc(F)c(OC)c3)c2c1. The highest BCUT2D eigenvalue weighted by molar-refractivity contribution is 7.99. The van der Waals surface area contributed by atoms with E-state index in [0.29, 0.717) is 34.6 Å². The van der Waals surface area contributed by atoms with Gasteiger partial charge in [0.2, 0.25) is 0 Å². The van der Waals surface area contributed by atoms with Crippen LogP contribution in [-0.2, 0) is 9.53 Å². The van der Waals surface area contributed by atoms with Gasteiger partial charge in [0.05, 0.1) is 36.9 Å². The molecule has 0 saturated carbocycles. The molecule has 1 aromatic heterocycles. The second-order valence-electron chi connectivity index (χ2n) is 6.93. The summed E-state index contributed by atoms with van der Waals surface area (Å²) in [4.78, 5) is 29.1. The smallest absolute Gasteiger partial charge is 0.306 e. The number of nitrogens with zero attached hydrogens (tertiary/aromatic N) is 1. The number of primary amides is 1. The molecule has 168 valence electrons. The number of pyridine rings is 1. The van der Waals surface area contributed by atoms with Gasteiger partial charge in [-0.25, -0.2) is 4.39 Å². The number of amides is 1. The number of thioether (sulfide) groups is 1. The van der Waals surface area contributed by atoms with Crippen LogP contribution in [0.3, 0.4) is 0 Å². The minimum Gasteiger partial charge on any atom is -0.494 e. The van der Waals surface area contributed by atoms with E-state index in [4.69, 9.17) is 15.2 Å². The van der Waals surface area contributed by atoms with E-state index in [9.17, 15) is 14.0 Å². The molecule has 32 heavy (non-hydrogen) atoms. The highest BCUT2D eigenvalue weighted by Gasteiger charge is 2.17. The lowest BCUT2D eigenvalue weighted by Crippen LogP contribution is -2.14. The lowest BCUT2D eigenvalue weighted by Gasteiger charge is -2.16. The van der Waals surface area contributed by atoms with Crippen molar-refractivity contribution >= 4 is 45.9 Å². The summed E-state index contributed by atoms with van der Waals surface area (Å²) in [5, 5.41) is 3.86. The van der Waals surface area contributed by atoms with Crippen LogP contribution in [-0.4, -0.2) is 36.3 Å². The standard InChI is InChI=1S/C23H24FN3O4S/c1-4-31-20(28)7-8-32-15-9-13(2)21-16(11-15)22(17(12-26-21)23(25)29)27-14-5-6-18(24)19(10-14)30-3/h5-6,9-12H,4,7-8H2,1-3H3,(H2,25,29)(H,26,27). The van der Waals surface area contributed by atoms with Crippen molar-refractivity contribution in [2.45, 2.75) is 25.2 Å². The summed E-state index contributed by atoms with van der Waals surface area (Å²) in [6.45, 7) is 4.04. The Morgan fingerprint density at radius 2 is 2.03 bits per heavy atom. The number of nitrogens with one attached hydrogen (secondary N) is 1. The van der Waals surface area contributed by atoms with Crippen molar-refractivity contribution in [1.29, 1.82) is 0 Å². The highest BCUT2D eigenvalue weighted by Crippen LogP contribution is 2.35. The molecule has 0 aliphatic rings. The zero-order chi connectivity index (χ0) is 23.3. The molecule has 3 N–H and O–H groups in total. The number of halogens is 1. The number of rotatable bonds is 9. The fraction of sp³-hybridized carbons (Fsp3) is 0.261. The van der Waals surface area contributed by atoms with Crippen LogP contribution in [0.1, 0.15) is 29.3 Å². The van der Waals surface area contributed by atoms with E-state index < -0.39 is 11.7 Å². The molecule has 1 heterocycles. The molecule has 9 heteroatoms. The predicted octanol–water partition coefficient (Wildman–Crippen LogP) is 4.58. The molecule has 0 radical (unpaired) electrons. The van der Waals surface area contributed by atoms with E-state index in [2.05, 4.69) is 10.3 Å². The van der Waals surface area contributed by atoms with Crippen molar-refractivity contribution in [1.82, 2.24) is 4.98 Å². The van der Waals surface area contributed by atoms with Crippen molar-refractivity contribution in [3.05, 3.63) is 53.5 Å². The van der Waals surface area contributed by atoms with Gasteiger partial charge < -0.3 is 20.5 Å². The first-order chi connectivity index (χ1) is 15.3. The number of carbonyl (C=O) groups excluding carboxylic acids is 2. The molecule has 3 aromatic rings. The molecule has 2 aromatic carbocycles. The number of hydrogen-bond acceptors (Lipinski definition) is 7. The van der Waals surface area contributed by atoms with E-state index in [1.54, 1.807) is 13.0 Å². The van der Waals surface area contributed by atoms with Crippen molar-refractivity contribution in [3.8, 4) is 5.75 Å². The van der Waals surface area contributed by atoms with Crippen LogP contribution in [0.2, 0.25) is 0 Å². The van der Waals surface area contributed by atoms with Gasteiger partial charge in [-0.1, -0.05) is 0 Å². The largest absolute Gasteiger partial charge is 0.494 e. The van der Waals surface area contributed by atoms with Crippen molar-refractivity contribution < 1.29 is 23.5 Å². The molecule has 0 saturated heterocycles. The first kappa shape index (κ1) is 23.3. The molecule has 1 amide bonds. The molecule has 0 spiro atoms. The molecular weight excluding hydrogens is 433 g/mol. The Kier molecular flexibility index (Phi) is 7.53. The molecule has 0 aliphatic carbocycles. The number of aromatic nitrogens is 1. The van der Waals surface area contributed by atoms with Gasteiger partial charge in [0, 0.05) is 34.0 Å². The van der Waals surface area contributed by atoms with Crippen molar-refractivity contribution in [2.24, 2.45) is 5.73 Å². The molecule has 3 rings (SSSR count). The Labute approximate surface area is 189 Å². The Bertz CT molecular complexity index is 1170. The maximum atomic E-state index is 13.8. The van der Waals surface area contributed by atoms with Gasteiger partial charge in [-0.3, -0.25) is 14.6 Å². The number of hydrogen-bond donors (Lipinski definition) is 2. The first-order valence-corrected chi connectivity index (χ1v) is 10.9. The van der Waals surface area contributed by atoms with Gasteiger partial charge in [-0.2, -0.15) is 0 Å². The van der Waals surface area contributed by atoms with Crippen LogP contribution in [0.4, 0.5) is 15.8 Å². The summed E-state index contributed by atoms with van der Waals surface area (Å²) in [7, 11) is 1.38. The van der Waals surface area contributed by atoms with Crippen LogP contribution >= 0.6 is 11.8 Å². The summed E-state index contributed by atoms with van der Waals surface area (Å²) >= 11 is 1.50. The minimum atomic E-state index is -0.644. The number of carbonyl (C=O) groups is 2. The maximum Gasteiger partial charge on any atom is 0.306 e. The van der Waals surface area contributed by atoms with E-state index in [1.165, 1.54) is 37.2 Å². The second kappa shape index (κ2) is 10.3. The van der Waals surface area contributed by atoms with Crippen LogP contribution in [0.15, 0.2) is 41.4 Å². The Morgan fingerprint density at radius 3 is 2.72 bits per heavy atom.